The van der Waals surface area contributed by atoms with Crippen LogP contribution in [0.4, 0.5) is 5.69 Å². The zero-order chi connectivity index (χ0) is 15.5. The van der Waals surface area contributed by atoms with Crippen molar-refractivity contribution >= 4 is 17.5 Å². The molecule has 2 amide bonds. The van der Waals surface area contributed by atoms with E-state index in [1.165, 1.54) is 23.3 Å². The molecule has 22 heavy (non-hydrogen) atoms. The smallest absolute Gasteiger partial charge is 0.316 e. The summed E-state index contributed by atoms with van der Waals surface area (Å²) in [4.78, 5) is 27.4. The van der Waals surface area contributed by atoms with Crippen molar-refractivity contribution in [1.82, 2.24) is 10.2 Å². The highest BCUT2D eigenvalue weighted by Crippen LogP contribution is 2.26. The molecule has 0 radical (unpaired) electrons. The third kappa shape index (κ3) is 2.99. The van der Waals surface area contributed by atoms with Crippen LogP contribution in [0, 0.1) is 5.92 Å². The molecule has 2 aliphatic rings. The van der Waals surface area contributed by atoms with Crippen LogP contribution in [0.2, 0.25) is 0 Å². The molecule has 0 saturated carbocycles. The summed E-state index contributed by atoms with van der Waals surface area (Å²) in [5.41, 5.74) is 2.07. The fourth-order valence-electron chi connectivity index (χ4n) is 3.32. The van der Waals surface area contributed by atoms with E-state index in [1.54, 1.807) is 11.9 Å². The van der Waals surface area contributed by atoms with Gasteiger partial charge < -0.3 is 15.1 Å². The van der Waals surface area contributed by atoms with Gasteiger partial charge in [-0.05, 0) is 49.9 Å². The van der Waals surface area contributed by atoms with Crippen molar-refractivity contribution in [3.63, 3.8) is 0 Å². The van der Waals surface area contributed by atoms with Gasteiger partial charge >= 0.3 is 11.8 Å². The molecule has 2 heterocycles. The fourth-order valence-corrected chi connectivity index (χ4v) is 3.32. The quantitative estimate of drug-likeness (QED) is 0.849. The third-order valence-electron chi connectivity index (χ3n) is 4.62. The first-order valence-electron chi connectivity index (χ1n) is 8.02. The van der Waals surface area contributed by atoms with Crippen LogP contribution in [-0.2, 0) is 16.0 Å². The van der Waals surface area contributed by atoms with Crippen LogP contribution in [0.5, 0.6) is 0 Å². The van der Waals surface area contributed by atoms with Gasteiger partial charge in [-0.1, -0.05) is 18.2 Å². The van der Waals surface area contributed by atoms with Gasteiger partial charge in [-0.2, -0.15) is 0 Å². The molecule has 2 fully saturated rings. The number of piperazine rings is 1. The number of piperidine rings is 1. The molecular weight excluding hydrogens is 278 g/mol. The third-order valence-corrected chi connectivity index (χ3v) is 4.62. The molecule has 1 aromatic carbocycles. The highest BCUT2D eigenvalue weighted by Gasteiger charge is 2.32. The normalized spacial score (nSPS) is 23.0. The van der Waals surface area contributed by atoms with E-state index >= 15 is 0 Å². The Morgan fingerprint density at radius 1 is 1.18 bits per heavy atom. The Morgan fingerprint density at radius 2 is 2.00 bits per heavy atom. The highest BCUT2D eigenvalue weighted by atomic mass is 16.2. The second-order valence-electron chi connectivity index (χ2n) is 6.23. The van der Waals surface area contributed by atoms with Gasteiger partial charge in [-0.3, -0.25) is 9.59 Å². The number of hydrogen-bond acceptors (Lipinski definition) is 3. The van der Waals surface area contributed by atoms with E-state index < -0.39 is 11.8 Å². The minimum absolute atomic E-state index is 0.414. The van der Waals surface area contributed by atoms with Gasteiger partial charge in [-0.15, -0.1) is 0 Å². The number of likely N-dealkylation sites (N-methyl/N-ethyl adjacent to an activating group) is 1. The van der Waals surface area contributed by atoms with E-state index in [1.807, 2.05) is 18.2 Å². The maximum Gasteiger partial charge on any atom is 0.316 e. The molecule has 2 saturated heterocycles. The van der Waals surface area contributed by atoms with E-state index in [9.17, 15) is 9.59 Å². The topological polar surface area (TPSA) is 52.6 Å². The van der Waals surface area contributed by atoms with Crippen molar-refractivity contribution in [1.29, 1.82) is 0 Å². The van der Waals surface area contributed by atoms with Crippen molar-refractivity contribution in [3.8, 4) is 0 Å². The summed E-state index contributed by atoms with van der Waals surface area (Å²) >= 11 is 0. The average molecular weight is 301 g/mol. The predicted octanol–water partition coefficient (Wildman–Crippen LogP) is 1.03. The first-order valence-corrected chi connectivity index (χ1v) is 8.02. The Labute approximate surface area is 131 Å². The monoisotopic (exact) mass is 301 g/mol. The molecule has 1 N–H and O–H groups in total. The van der Waals surface area contributed by atoms with Crippen LogP contribution in [0.25, 0.3) is 0 Å². The first-order chi connectivity index (χ1) is 10.7. The number of benzene rings is 1. The van der Waals surface area contributed by atoms with Gasteiger partial charge in [0.2, 0.25) is 0 Å². The van der Waals surface area contributed by atoms with Gasteiger partial charge in [0, 0.05) is 25.8 Å². The number of rotatable bonds is 3. The highest BCUT2D eigenvalue weighted by molar-refractivity contribution is 6.41. The summed E-state index contributed by atoms with van der Waals surface area (Å²) in [6.45, 7) is 3.29. The van der Waals surface area contributed by atoms with E-state index in [2.05, 4.69) is 11.4 Å². The number of carbonyl (C=O) groups excluding carboxylic acids is 2. The van der Waals surface area contributed by atoms with Crippen LogP contribution >= 0.6 is 0 Å². The minimum atomic E-state index is -0.416. The lowest BCUT2D eigenvalue weighted by Gasteiger charge is -2.33. The van der Waals surface area contributed by atoms with Crippen molar-refractivity contribution in [2.75, 3.05) is 38.1 Å². The summed E-state index contributed by atoms with van der Waals surface area (Å²) in [5, 5.41) is 3.43. The molecule has 3 rings (SSSR count). The number of carbonyl (C=O) groups is 2. The number of anilines is 1. The molecule has 0 spiro atoms. The van der Waals surface area contributed by atoms with Gasteiger partial charge in [0.1, 0.15) is 0 Å². The summed E-state index contributed by atoms with van der Waals surface area (Å²) in [5.74, 6) is -0.225. The Bertz CT molecular complexity index is 567. The molecule has 1 unspecified atom stereocenters. The Kier molecular flexibility index (Phi) is 4.43. The number of nitrogens with zero attached hydrogens (tertiary/aromatic N) is 2. The van der Waals surface area contributed by atoms with Crippen molar-refractivity contribution in [2.45, 2.75) is 19.3 Å². The molecular formula is C17H23N3O2. The summed E-state index contributed by atoms with van der Waals surface area (Å²) < 4.78 is 0. The zero-order valence-corrected chi connectivity index (χ0v) is 13.0. The van der Waals surface area contributed by atoms with Crippen molar-refractivity contribution in [3.05, 3.63) is 29.8 Å². The molecule has 5 nitrogen and oxygen atoms in total. The number of para-hydroxylation sites is 1. The van der Waals surface area contributed by atoms with Crippen LogP contribution < -0.4 is 10.2 Å². The van der Waals surface area contributed by atoms with E-state index in [4.69, 9.17) is 0 Å². The lowest BCUT2D eigenvalue weighted by Crippen LogP contribution is -2.53. The standard InChI is InChI=1S/C17H23N3O2/c1-19-9-10-20(17(22)16(19)21)15-7-3-2-6-14(15)11-13-5-4-8-18-12-13/h2-3,6-7,13,18H,4-5,8-12H2,1H3. The van der Waals surface area contributed by atoms with Gasteiger partial charge in [0.05, 0.1) is 0 Å². The van der Waals surface area contributed by atoms with E-state index in [0.29, 0.717) is 19.0 Å². The van der Waals surface area contributed by atoms with Crippen LogP contribution in [0.3, 0.4) is 0 Å². The van der Waals surface area contributed by atoms with Crippen molar-refractivity contribution in [2.24, 2.45) is 5.92 Å². The maximum absolute atomic E-state index is 12.3. The summed E-state index contributed by atoms with van der Waals surface area (Å²) in [7, 11) is 1.68. The molecule has 0 bridgehead atoms. The molecule has 5 heteroatoms. The van der Waals surface area contributed by atoms with Crippen molar-refractivity contribution < 1.29 is 9.59 Å². The zero-order valence-electron chi connectivity index (χ0n) is 13.0. The summed E-state index contributed by atoms with van der Waals surface area (Å²) in [6.07, 6.45) is 3.38. The number of hydrogen-bond donors (Lipinski definition) is 1. The van der Waals surface area contributed by atoms with E-state index in [0.717, 1.165) is 25.2 Å². The van der Waals surface area contributed by atoms with E-state index in [-0.39, 0.29) is 0 Å². The number of amides is 2. The molecule has 1 atom stereocenters. The Morgan fingerprint density at radius 3 is 2.77 bits per heavy atom. The first kappa shape index (κ1) is 15.0. The van der Waals surface area contributed by atoms with Crippen LogP contribution in [-0.4, -0.2) is 49.9 Å². The lowest BCUT2D eigenvalue weighted by molar-refractivity contribution is -0.145. The van der Waals surface area contributed by atoms with Gasteiger partial charge in [0.25, 0.3) is 0 Å². The fraction of sp³-hybridized carbons (Fsp3) is 0.529. The Balaban J connectivity index is 1.81. The molecule has 2 aliphatic heterocycles. The second kappa shape index (κ2) is 6.48. The molecule has 0 aliphatic carbocycles. The average Bonchev–Trinajstić information content (AvgIpc) is 2.55. The second-order valence-corrected chi connectivity index (χ2v) is 6.23. The van der Waals surface area contributed by atoms with Gasteiger partial charge in [-0.25, -0.2) is 0 Å². The maximum atomic E-state index is 12.3. The van der Waals surface area contributed by atoms with Crippen LogP contribution in [0.15, 0.2) is 24.3 Å². The molecule has 118 valence electrons. The largest absolute Gasteiger partial charge is 0.336 e. The SMILES string of the molecule is CN1CCN(c2ccccc2CC2CCCNC2)C(=O)C1=O. The predicted molar refractivity (Wildman–Crippen MR) is 85.7 cm³/mol. The lowest BCUT2D eigenvalue weighted by atomic mass is 9.91. The summed E-state index contributed by atoms with van der Waals surface area (Å²) in [6, 6.07) is 7.99. The van der Waals surface area contributed by atoms with Gasteiger partial charge in [0.15, 0.2) is 0 Å². The molecule has 0 aromatic heterocycles. The molecule has 1 aromatic rings. The number of nitrogens with one attached hydrogen (secondary N) is 1. The minimum Gasteiger partial charge on any atom is -0.336 e. The Hall–Kier alpha value is -1.88. The van der Waals surface area contributed by atoms with Crippen LogP contribution in [0.1, 0.15) is 18.4 Å².